The molecule has 0 aliphatic carbocycles. The molecule has 33 heavy (non-hydrogen) atoms. The van der Waals surface area contributed by atoms with E-state index in [9.17, 15) is 4.79 Å². The van der Waals surface area contributed by atoms with E-state index in [4.69, 9.17) is 40.2 Å². The molecule has 1 fully saturated rings. The van der Waals surface area contributed by atoms with Gasteiger partial charge in [-0.2, -0.15) is 0 Å². The predicted molar refractivity (Wildman–Crippen MR) is 139 cm³/mol. The van der Waals surface area contributed by atoms with E-state index in [0.717, 1.165) is 15.7 Å². The van der Waals surface area contributed by atoms with Gasteiger partial charge in [-0.15, -0.1) is 0 Å². The fourth-order valence-corrected chi connectivity index (χ4v) is 5.62. The second-order valence-corrected chi connectivity index (χ2v) is 10.2. The van der Waals surface area contributed by atoms with Gasteiger partial charge in [-0.3, -0.25) is 9.69 Å². The van der Waals surface area contributed by atoms with Crippen molar-refractivity contribution in [1.82, 2.24) is 5.32 Å². The molecule has 0 saturated carbocycles. The average Bonchev–Trinajstić information content (AvgIpc) is 2.75. The standard InChI is InChI=1S/C24H18BrCl2N3O2S/c1-24-20(22(31)28-16-8-5-14(26)6-9-16)21(18-12-15(27)7-10-19(18)32-24)29-23(33)30(24)17-4-2-3-13(25)11-17/h2-12,20-21H,1H3,(H,28,31)(H,29,33). The molecule has 0 spiro atoms. The Morgan fingerprint density at radius 1 is 1.12 bits per heavy atom. The van der Waals surface area contributed by atoms with Crippen LogP contribution in [0.3, 0.4) is 0 Å². The lowest BCUT2D eigenvalue weighted by Crippen LogP contribution is -2.72. The number of thiocarbonyl (C=S) groups is 1. The molecule has 0 aromatic heterocycles. The summed E-state index contributed by atoms with van der Waals surface area (Å²) in [6, 6.07) is 19.7. The maximum Gasteiger partial charge on any atom is 0.236 e. The molecule has 3 aromatic carbocycles. The van der Waals surface area contributed by atoms with Gasteiger partial charge in [-0.05, 0) is 79.8 Å². The number of rotatable bonds is 3. The largest absolute Gasteiger partial charge is 0.467 e. The van der Waals surface area contributed by atoms with Crippen LogP contribution in [0.15, 0.2) is 71.2 Å². The van der Waals surface area contributed by atoms with Crippen molar-refractivity contribution in [3.05, 3.63) is 86.8 Å². The molecule has 3 unspecified atom stereocenters. The fourth-order valence-electron chi connectivity index (χ4n) is 4.51. The summed E-state index contributed by atoms with van der Waals surface area (Å²) in [4.78, 5) is 15.6. The topological polar surface area (TPSA) is 53.6 Å². The molecular formula is C24H18BrCl2N3O2S. The molecule has 2 aliphatic heterocycles. The minimum absolute atomic E-state index is 0.217. The first-order valence-electron chi connectivity index (χ1n) is 10.2. The van der Waals surface area contributed by atoms with Crippen LogP contribution in [-0.2, 0) is 4.79 Å². The van der Waals surface area contributed by atoms with Crippen LogP contribution in [0.25, 0.3) is 0 Å². The van der Waals surface area contributed by atoms with Crippen molar-refractivity contribution in [2.75, 3.05) is 10.2 Å². The molecule has 0 radical (unpaired) electrons. The first-order valence-corrected chi connectivity index (χ1v) is 12.1. The van der Waals surface area contributed by atoms with E-state index in [1.807, 2.05) is 48.2 Å². The summed E-state index contributed by atoms with van der Waals surface area (Å²) in [7, 11) is 0. The average molecular weight is 563 g/mol. The van der Waals surface area contributed by atoms with Gasteiger partial charge in [0, 0.05) is 31.5 Å². The van der Waals surface area contributed by atoms with Crippen LogP contribution in [0.2, 0.25) is 10.0 Å². The second-order valence-electron chi connectivity index (χ2n) is 8.06. The fraction of sp³-hybridized carbons (Fsp3) is 0.167. The van der Waals surface area contributed by atoms with Crippen LogP contribution in [0.4, 0.5) is 11.4 Å². The molecule has 5 rings (SSSR count). The Morgan fingerprint density at radius 3 is 2.58 bits per heavy atom. The molecule has 3 aromatic rings. The van der Waals surface area contributed by atoms with Crippen LogP contribution in [0.5, 0.6) is 5.75 Å². The van der Waals surface area contributed by atoms with E-state index < -0.39 is 17.7 Å². The lowest BCUT2D eigenvalue weighted by molar-refractivity contribution is -0.130. The van der Waals surface area contributed by atoms with Crippen molar-refractivity contribution in [2.45, 2.75) is 18.7 Å². The summed E-state index contributed by atoms with van der Waals surface area (Å²) < 4.78 is 7.44. The number of amides is 1. The zero-order chi connectivity index (χ0) is 23.3. The zero-order valence-corrected chi connectivity index (χ0v) is 21.2. The molecule has 1 saturated heterocycles. The Hall–Kier alpha value is -2.32. The third-order valence-corrected chi connectivity index (χ3v) is 7.20. The molecule has 2 heterocycles. The van der Waals surface area contributed by atoms with Crippen molar-refractivity contribution >= 4 is 73.7 Å². The van der Waals surface area contributed by atoms with Crippen molar-refractivity contribution < 1.29 is 9.53 Å². The number of benzene rings is 3. The van der Waals surface area contributed by atoms with Gasteiger partial charge < -0.3 is 15.4 Å². The van der Waals surface area contributed by atoms with Crippen molar-refractivity contribution in [3.63, 3.8) is 0 Å². The van der Waals surface area contributed by atoms with Crippen LogP contribution in [0, 0.1) is 5.92 Å². The van der Waals surface area contributed by atoms with E-state index in [1.165, 1.54) is 0 Å². The van der Waals surface area contributed by atoms with E-state index >= 15 is 0 Å². The van der Waals surface area contributed by atoms with Gasteiger partial charge in [0.1, 0.15) is 11.7 Å². The zero-order valence-electron chi connectivity index (χ0n) is 17.3. The summed E-state index contributed by atoms with van der Waals surface area (Å²) >= 11 is 21.6. The second kappa shape index (κ2) is 8.47. The minimum atomic E-state index is -1.11. The van der Waals surface area contributed by atoms with Crippen molar-refractivity contribution in [3.8, 4) is 5.75 Å². The van der Waals surface area contributed by atoms with Gasteiger partial charge in [0.05, 0.1) is 6.04 Å². The lowest BCUT2D eigenvalue weighted by Gasteiger charge is -2.56. The number of hydrogen-bond donors (Lipinski definition) is 2. The monoisotopic (exact) mass is 561 g/mol. The Kier molecular flexibility index (Phi) is 5.77. The van der Waals surface area contributed by atoms with Crippen LogP contribution < -0.4 is 20.3 Å². The molecule has 2 bridgehead atoms. The van der Waals surface area contributed by atoms with E-state index in [0.29, 0.717) is 26.6 Å². The smallest absolute Gasteiger partial charge is 0.236 e. The van der Waals surface area contributed by atoms with Gasteiger partial charge in [0.2, 0.25) is 5.91 Å². The van der Waals surface area contributed by atoms with Gasteiger partial charge in [-0.1, -0.05) is 45.2 Å². The van der Waals surface area contributed by atoms with Gasteiger partial charge in [0.25, 0.3) is 0 Å². The number of hydrogen-bond acceptors (Lipinski definition) is 3. The SMILES string of the molecule is CC12Oc3ccc(Cl)cc3C(NC(=S)N1c1cccc(Br)c1)C2C(=O)Nc1ccc(Cl)cc1. The normalized spacial score (nSPS) is 23.3. The highest BCUT2D eigenvalue weighted by Gasteiger charge is 2.59. The number of carbonyl (C=O) groups excluding carboxylic acids is 1. The maximum absolute atomic E-state index is 13.7. The Bertz CT molecular complexity index is 1270. The number of halogens is 3. The molecule has 3 atom stereocenters. The first kappa shape index (κ1) is 22.5. The Labute approximate surface area is 215 Å². The number of ether oxygens (including phenoxy) is 1. The number of nitrogens with zero attached hydrogens (tertiary/aromatic N) is 1. The minimum Gasteiger partial charge on any atom is -0.467 e. The first-order chi connectivity index (χ1) is 15.8. The summed E-state index contributed by atoms with van der Waals surface area (Å²) in [6.07, 6.45) is 0. The van der Waals surface area contributed by atoms with Gasteiger partial charge in [0.15, 0.2) is 10.8 Å². The summed E-state index contributed by atoms with van der Waals surface area (Å²) in [5.41, 5.74) is 1.11. The van der Waals surface area contributed by atoms with Crippen molar-refractivity contribution in [1.29, 1.82) is 0 Å². The van der Waals surface area contributed by atoms with E-state index in [2.05, 4.69) is 26.6 Å². The van der Waals surface area contributed by atoms with Gasteiger partial charge >= 0.3 is 0 Å². The summed E-state index contributed by atoms with van der Waals surface area (Å²) in [6.45, 7) is 1.89. The van der Waals surface area contributed by atoms with E-state index in [-0.39, 0.29) is 5.91 Å². The van der Waals surface area contributed by atoms with Gasteiger partial charge in [-0.25, -0.2) is 0 Å². The number of anilines is 2. The lowest BCUT2D eigenvalue weighted by atomic mass is 9.78. The molecule has 1 amide bonds. The maximum atomic E-state index is 13.7. The number of nitrogens with one attached hydrogen (secondary N) is 2. The van der Waals surface area contributed by atoms with Crippen molar-refractivity contribution in [2.24, 2.45) is 5.92 Å². The predicted octanol–water partition coefficient (Wildman–Crippen LogP) is 6.56. The van der Waals surface area contributed by atoms with Crippen LogP contribution in [-0.4, -0.2) is 16.7 Å². The molecule has 5 nitrogen and oxygen atoms in total. The quantitative estimate of drug-likeness (QED) is 0.354. The molecule has 2 N–H and O–H groups in total. The molecular weight excluding hydrogens is 545 g/mol. The molecule has 168 valence electrons. The number of carbonyl (C=O) groups is 1. The highest BCUT2D eigenvalue weighted by atomic mass is 79.9. The molecule has 9 heteroatoms. The third kappa shape index (κ3) is 3.97. The molecule has 2 aliphatic rings. The van der Waals surface area contributed by atoms with E-state index in [1.54, 1.807) is 30.3 Å². The third-order valence-electron chi connectivity index (χ3n) is 5.92. The van der Waals surface area contributed by atoms with Crippen LogP contribution >= 0.6 is 51.3 Å². The van der Waals surface area contributed by atoms with Crippen LogP contribution in [0.1, 0.15) is 18.5 Å². The summed E-state index contributed by atoms with van der Waals surface area (Å²) in [5, 5.41) is 7.99. The highest BCUT2D eigenvalue weighted by molar-refractivity contribution is 9.10. The Morgan fingerprint density at radius 2 is 1.85 bits per heavy atom. The highest BCUT2D eigenvalue weighted by Crippen LogP contribution is 2.50. The number of fused-ring (bicyclic) bond motifs is 4. The Balaban J connectivity index is 1.63. The summed E-state index contributed by atoms with van der Waals surface area (Å²) in [5.74, 6) is -0.229.